The average molecular weight is 1540 g/mol. The Bertz CT molecular complexity index is 2390. The standard InChI is InChI=1S/C38H82B6N6O11S.C13H34B3N3O6.C11H26B3N3O3.3H2/c1-9-45(39(3)51)23-24-48(42(6)54)27-25-46(40(4)52)21-15-13-11-10-12-14-16-22-47(41(5)53)26-28-49(43(7)55)29-30-50(44(8)56)31-32-59-33-34-60-35-36-61-62(57,58)38-19-17-37(2)18-20-38;1-14(21)17-4-5-18(15(2)22)6-7-19(16(3)23)8-10-24-12-13-25-11-9-20;1-6-15(12(3)18)8-10-17(14(5)20)11-9-16(7-2)13(4)19;;;/h17-20,51-56H,9-16,21-36H2,1-8H3;17,20-23H,4-13H2,1-3H3;1,18-20H,7-11H2,2-5H3;3*1H. The first kappa shape index (κ1) is 107. The molecule has 0 aliphatic carbocycles. The SMILES string of the molecule is C#CN(CCN(CCN(CC)B(C)O)B(C)O)B(C)O.CB(O)NCCN(CCN(CCOCCOCCO)B(C)O)B(C)O.CCN(CCN(CCN(CCCCCCCCCN(CCN(CCN(CCOCCOCCOS(=O)(=O)c1ccc(C)cc1)B(C)O)B(C)O)B(C)O)B(C)O)B(C)O)B(C)O.[HH].[HH].[HH]. The van der Waals surface area contributed by atoms with E-state index < -0.39 is 94.7 Å². The minimum absolute atomic E-state index is 0. The summed E-state index contributed by atoms with van der Waals surface area (Å²) in [6.45, 7) is 42.4. The van der Waals surface area contributed by atoms with Crippen molar-refractivity contribution in [3.05, 3.63) is 29.8 Å². The average Bonchev–Trinajstić information content (AvgIpc) is 0.845. The quantitative estimate of drug-likeness (QED) is 0.0111. The molecule has 32 nitrogen and oxygen atoms in total. The maximum absolute atomic E-state index is 12.3. The van der Waals surface area contributed by atoms with Gasteiger partial charge in [0.1, 0.15) is 0 Å². The van der Waals surface area contributed by atoms with Crippen LogP contribution in [-0.2, 0) is 33.2 Å². The molecule has 1 rings (SSSR count). The second-order valence-electron chi connectivity index (χ2n) is 27.2. The molecule has 0 aliphatic rings. The van der Waals surface area contributed by atoms with E-state index >= 15 is 0 Å². The van der Waals surface area contributed by atoms with Gasteiger partial charge in [0.15, 0.2) is 0 Å². The first-order valence-electron chi connectivity index (χ1n) is 39.0. The Morgan fingerprint density at radius 3 is 0.935 bits per heavy atom. The second-order valence-corrected chi connectivity index (χ2v) is 28.8. The molecule has 1 aromatic rings. The first-order chi connectivity index (χ1) is 50.6. The van der Waals surface area contributed by atoms with Crippen LogP contribution >= 0.6 is 0 Å². The predicted octanol–water partition coefficient (Wildman–Crippen LogP) is -1.93. The molecule has 0 aliphatic heterocycles. The van der Waals surface area contributed by atoms with Crippen molar-refractivity contribution in [2.24, 2.45) is 0 Å². The highest BCUT2D eigenvalue weighted by molar-refractivity contribution is 7.86. The van der Waals surface area contributed by atoms with Crippen LogP contribution in [0.4, 0.5) is 0 Å². The van der Waals surface area contributed by atoms with Gasteiger partial charge in [0, 0.05) is 116 Å². The number of ether oxygens (including phenoxy) is 4. The van der Waals surface area contributed by atoms with E-state index in [1.165, 1.54) is 16.9 Å². The van der Waals surface area contributed by atoms with Crippen LogP contribution in [0.1, 0.15) is 68.6 Å². The third-order valence-electron chi connectivity index (χ3n) is 18.4. The lowest BCUT2D eigenvalue weighted by atomic mass is 9.82. The predicted molar refractivity (Wildman–Crippen MR) is 450 cm³/mol. The van der Waals surface area contributed by atoms with Crippen LogP contribution in [0, 0.1) is 19.4 Å². The summed E-state index contributed by atoms with van der Waals surface area (Å²) in [5, 5.41) is 131. The molecule has 0 unspecified atom stereocenters. The van der Waals surface area contributed by atoms with Crippen LogP contribution in [0.15, 0.2) is 29.2 Å². The number of rotatable bonds is 67. The van der Waals surface area contributed by atoms with E-state index in [9.17, 15) is 68.7 Å². The smallest absolute Gasteiger partial charge is 0.417 e. The van der Waals surface area contributed by atoms with E-state index in [0.717, 1.165) is 76.7 Å². The maximum Gasteiger partial charge on any atom is 0.417 e. The lowest BCUT2D eigenvalue weighted by molar-refractivity contribution is 0.0299. The number of aliphatic hydroxyl groups excluding tert-OH is 1. The van der Waals surface area contributed by atoms with Gasteiger partial charge in [-0.3, -0.25) is 4.18 Å². The van der Waals surface area contributed by atoms with E-state index in [4.69, 9.17) is 34.7 Å². The van der Waals surface area contributed by atoms with E-state index in [1.54, 1.807) is 94.0 Å². The number of terminal acetylenes is 1. The van der Waals surface area contributed by atoms with E-state index in [1.807, 2.05) is 64.1 Å². The van der Waals surface area contributed by atoms with Crippen LogP contribution < -0.4 is 5.23 Å². The third kappa shape index (κ3) is 56.1. The largest absolute Gasteiger partial charge is 0.437 e. The molecule has 618 valence electrons. The lowest BCUT2D eigenvalue weighted by Crippen LogP contribution is -2.50. The van der Waals surface area contributed by atoms with Gasteiger partial charge in [-0.2, -0.15) is 8.42 Å². The number of aryl methyl sites for hydroxylation is 1. The Morgan fingerprint density at radius 2 is 0.636 bits per heavy atom. The van der Waals surface area contributed by atoms with E-state index in [0.29, 0.717) is 157 Å². The van der Waals surface area contributed by atoms with Crippen molar-refractivity contribution < 1.29 is 101 Å². The van der Waals surface area contributed by atoms with Crippen molar-refractivity contribution in [2.45, 2.75) is 152 Å². The summed E-state index contributed by atoms with van der Waals surface area (Å²) in [4.78, 5) is 20.9. The molecule has 0 heterocycles. The third-order valence-corrected chi connectivity index (χ3v) is 19.7. The molecule has 0 saturated heterocycles. The molecular weight excluding hydrogens is 1390 g/mol. The highest BCUT2D eigenvalue weighted by Gasteiger charge is 2.28. The van der Waals surface area contributed by atoms with Gasteiger partial charge in [-0.05, 0) is 153 Å². The first-order valence-corrected chi connectivity index (χ1v) is 40.4. The molecule has 0 bridgehead atoms. The number of unbranched alkanes of at least 4 members (excludes halogenated alkanes) is 6. The second kappa shape index (κ2) is 66.4. The molecule has 0 amide bonds. The molecule has 14 N–H and O–H groups in total. The van der Waals surface area contributed by atoms with Crippen molar-refractivity contribution in [3.63, 3.8) is 0 Å². The molecule has 0 saturated carbocycles. The Morgan fingerprint density at radius 1 is 0.364 bits per heavy atom. The topological polar surface area (TPSA) is 391 Å². The van der Waals surface area contributed by atoms with Crippen molar-refractivity contribution >= 4 is 94.7 Å². The van der Waals surface area contributed by atoms with Gasteiger partial charge in [-0.25, -0.2) is 0 Å². The van der Waals surface area contributed by atoms with E-state index in [2.05, 4.69) is 16.1 Å². The Balaban J connectivity index is -0.000000625. The molecule has 45 heteroatoms. The molecule has 107 heavy (non-hydrogen) atoms. The highest BCUT2D eigenvalue weighted by Crippen LogP contribution is 2.14. The van der Waals surface area contributed by atoms with Crippen molar-refractivity contribution in [3.8, 4) is 12.5 Å². The van der Waals surface area contributed by atoms with Crippen LogP contribution in [0.3, 0.4) is 0 Å². The number of hydrogen-bond donors (Lipinski definition) is 14. The summed E-state index contributed by atoms with van der Waals surface area (Å²) in [5.74, 6) is 0. The fraction of sp³-hybridized carbons (Fsp3) is 0.871. The lowest BCUT2D eigenvalue weighted by Gasteiger charge is -2.31. The van der Waals surface area contributed by atoms with Gasteiger partial charge in [-0.15, -0.1) is 0 Å². The van der Waals surface area contributed by atoms with Gasteiger partial charge in [-0.1, -0.05) is 70.1 Å². The summed E-state index contributed by atoms with van der Waals surface area (Å²) in [6.07, 6.45) is 12.8. The van der Waals surface area contributed by atoms with Crippen LogP contribution in [0.5, 0.6) is 0 Å². The minimum atomic E-state index is -3.83. The zero-order valence-corrected chi connectivity index (χ0v) is 69.2. The Kier molecular flexibility index (Phi) is 66.6. The fourth-order valence-electron chi connectivity index (χ4n) is 11.2. The molecule has 0 radical (unpaired) electrons. The molecule has 0 aromatic heterocycles. The molecule has 0 spiro atoms. The van der Waals surface area contributed by atoms with Gasteiger partial charge in [0.25, 0.3) is 10.1 Å². The normalized spacial score (nSPS) is 11.7. The number of aliphatic hydroxyl groups is 1. The monoisotopic (exact) mass is 1550 g/mol. The summed E-state index contributed by atoms with van der Waals surface area (Å²) in [7, 11) is -11.2. The Hall–Kier alpha value is -1.85. The molecule has 0 atom stereocenters. The summed E-state index contributed by atoms with van der Waals surface area (Å²) in [6, 6.07) is 8.86. The van der Waals surface area contributed by atoms with Gasteiger partial charge in [0.2, 0.25) is 0 Å². The summed E-state index contributed by atoms with van der Waals surface area (Å²) < 4.78 is 51.3. The summed E-state index contributed by atoms with van der Waals surface area (Å²) >= 11 is 0. The van der Waals surface area contributed by atoms with Crippen molar-refractivity contribution in [2.75, 3.05) is 210 Å². The highest BCUT2D eigenvalue weighted by atomic mass is 32.2. The number of nitrogens with zero attached hydrogens (tertiary/aromatic N) is 11. The minimum Gasteiger partial charge on any atom is -0.437 e. The molecule has 0 fully saturated rings. The number of nitrogens with one attached hydrogen (secondary N) is 1. The zero-order valence-electron chi connectivity index (χ0n) is 68.4. The van der Waals surface area contributed by atoms with Crippen LogP contribution in [-0.4, -0.2) is 421 Å². The van der Waals surface area contributed by atoms with E-state index in [-0.39, 0.29) is 35.6 Å². The van der Waals surface area contributed by atoms with Crippen LogP contribution in [0.25, 0.3) is 0 Å². The summed E-state index contributed by atoms with van der Waals surface area (Å²) in [5.41, 5.74) is 0.958. The molecule has 1 aromatic carbocycles. The van der Waals surface area contributed by atoms with Crippen molar-refractivity contribution in [1.82, 2.24) is 58.1 Å². The number of benzene rings is 1. The zero-order chi connectivity index (χ0) is 81.3. The van der Waals surface area contributed by atoms with Gasteiger partial charge in [0.05, 0.1) is 71.0 Å². The fourth-order valence-corrected chi connectivity index (χ4v) is 12.1. The number of likely N-dealkylation sites (N-methyl/N-ethyl adjacent to an activating group) is 2. The number of hydrogen-bond acceptors (Lipinski definition) is 32. The van der Waals surface area contributed by atoms with Gasteiger partial charge < -0.3 is 142 Å². The van der Waals surface area contributed by atoms with Gasteiger partial charge >= 0.3 is 84.6 Å². The van der Waals surface area contributed by atoms with Crippen molar-refractivity contribution in [1.29, 1.82) is 0 Å². The Labute approximate surface area is 656 Å². The molecular formula is C62H148B12N12O20S. The van der Waals surface area contributed by atoms with Crippen LogP contribution in [0.2, 0.25) is 81.9 Å². The maximum atomic E-state index is 12.3.